The second kappa shape index (κ2) is 27.9. The fraction of sp³-hybridized carbons (Fsp3) is 0.361. The Morgan fingerprint density at radius 1 is 0.465 bits per heavy atom. The quantitative estimate of drug-likeness (QED) is 0.0333. The van der Waals surface area contributed by atoms with E-state index in [0.29, 0.717) is 36.7 Å². The van der Waals surface area contributed by atoms with Gasteiger partial charge in [0.2, 0.25) is 12.0 Å². The largest absolute Gasteiger partial charge is 0.484 e. The van der Waals surface area contributed by atoms with Crippen molar-refractivity contribution in [1.82, 2.24) is 0 Å². The van der Waals surface area contributed by atoms with Crippen LogP contribution in [0.5, 0.6) is 17.2 Å². The van der Waals surface area contributed by atoms with Gasteiger partial charge in [-0.15, -0.1) is 0 Å². The second-order valence-electron chi connectivity index (χ2n) is 18.1. The van der Waals surface area contributed by atoms with Crippen LogP contribution in [-0.4, -0.2) is 43.9 Å². The van der Waals surface area contributed by atoms with Crippen molar-refractivity contribution >= 4 is 11.0 Å². The van der Waals surface area contributed by atoms with Crippen molar-refractivity contribution < 1.29 is 42.3 Å². The maximum Gasteiger partial charge on any atom is 0.383 e. The molecule has 7 aromatic rings. The van der Waals surface area contributed by atoms with Crippen LogP contribution in [0, 0.1) is 0 Å². The second-order valence-corrected chi connectivity index (χ2v) is 18.1. The molecule has 0 spiro atoms. The van der Waals surface area contributed by atoms with Crippen LogP contribution in [0.1, 0.15) is 92.5 Å². The minimum atomic E-state index is -1.03. The first kappa shape index (κ1) is 51.1. The summed E-state index contributed by atoms with van der Waals surface area (Å²) in [4.78, 5) is 13.9. The van der Waals surface area contributed by atoms with E-state index in [9.17, 15) is 4.79 Å². The van der Waals surface area contributed by atoms with E-state index in [1.54, 1.807) is 6.07 Å². The molecular weight excluding hydrogens is 893 g/mol. The highest BCUT2D eigenvalue weighted by Crippen LogP contribution is 2.38. The molecule has 1 aromatic heterocycles. The van der Waals surface area contributed by atoms with Crippen LogP contribution in [0.2, 0.25) is 0 Å². The molecule has 6 aromatic carbocycles. The van der Waals surface area contributed by atoms with Gasteiger partial charge in [-0.1, -0.05) is 210 Å². The van der Waals surface area contributed by atoms with Gasteiger partial charge in [0, 0.05) is 6.07 Å². The molecule has 5 atom stereocenters. The van der Waals surface area contributed by atoms with Crippen molar-refractivity contribution in [2.24, 2.45) is 0 Å². The monoisotopic (exact) mass is 960 g/mol. The highest BCUT2D eigenvalue weighted by Gasteiger charge is 2.50. The number of hydrogen-bond donors (Lipinski definition) is 0. The topological polar surface area (TPSA) is 104 Å². The number of hydrogen-bond acceptors (Lipinski definition) is 10. The predicted octanol–water partition coefficient (Wildman–Crippen LogP) is 13.4. The van der Waals surface area contributed by atoms with Crippen molar-refractivity contribution in [1.29, 1.82) is 0 Å². The number of rotatable bonds is 29. The Morgan fingerprint density at radius 2 is 0.944 bits per heavy atom. The van der Waals surface area contributed by atoms with Gasteiger partial charge in [-0.2, -0.15) is 0 Å². The zero-order valence-electron chi connectivity index (χ0n) is 40.9. The Labute approximate surface area is 418 Å². The van der Waals surface area contributed by atoms with E-state index in [0.717, 1.165) is 47.1 Å². The Kier molecular flexibility index (Phi) is 20.1. The van der Waals surface area contributed by atoms with Crippen molar-refractivity contribution in [2.75, 3.05) is 13.2 Å². The summed E-state index contributed by atoms with van der Waals surface area (Å²) in [6, 6.07) is 55.2. The van der Waals surface area contributed by atoms with E-state index in [2.05, 4.69) is 6.92 Å². The van der Waals surface area contributed by atoms with Gasteiger partial charge in [-0.05, 0) is 46.4 Å². The Hall–Kier alpha value is -6.27. The molecule has 8 rings (SSSR count). The van der Waals surface area contributed by atoms with Crippen molar-refractivity contribution in [2.45, 2.75) is 128 Å². The van der Waals surface area contributed by atoms with Gasteiger partial charge in [0.15, 0.2) is 5.75 Å². The molecule has 372 valence electrons. The summed E-state index contributed by atoms with van der Waals surface area (Å²) in [7, 11) is 0. The molecule has 1 aliphatic rings. The Balaban J connectivity index is 1.09. The van der Waals surface area contributed by atoms with Gasteiger partial charge < -0.3 is 42.3 Å². The van der Waals surface area contributed by atoms with Gasteiger partial charge in [0.25, 0.3) is 0 Å². The molecule has 0 N–H and O–H groups in total. The van der Waals surface area contributed by atoms with Crippen LogP contribution in [0.4, 0.5) is 0 Å². The first-order valence-corrected chi connectivity index (χ1v) is 25.4. The zero-order valence-corrected chi connectivity index (χ0v) is 40.9. The minimum absolute atomic E-state index is 0.0601. The smallest absolute Gasteiger partial charge is 0.383 e. The molecule has 10 nitrogen and oxygen atoms in total. The van der Waals surface area contributed by atoms with Crippen LogP contribution < -0.4 is 19.8 Å². The standard InChI is InChI=1S/C61H68O10/c1-2-3-4-5-6-7-8-9-25-38-64-58-55(65-41-47-28-17-11-18-29-47)52-37-36-51(39-53(52)70-60(58)62)69-61-59(68-44-50-34-23-14-24-35-50)57(67-43-49-32-21-13-22-33-49)56(66-42-48-30-19-12-20-31-48)54(71-61)45-63-40-46-26-15-10-16-27-46/h10-24,26-37,39,54,56-57,59,61H,2-9,25,38,40-45H2,1H3/t54-,56+,57+,59-,61-/m1/s1. The molecule has 0 unspecified atom stereocenters. The van der Waals surface area contributed by atoms with E-state index in [1.165, 1.54) is 38.5 Å². The summed E-state index contributed by atoms with van der Waals surface area (Å²) in [6.45, 7) is 4.21. The van der Waals surface area contributed by atoms with Crippen molar-refractivity contribution in [3.63, 3.8) is 0 Å². The summed E-state index contributed by atoms with van der Waals surface area (Å²) < 4.78 is 59.6. The van der Waals surface area contributed by atoms with E-state index in [4.69, 9.17) is 42.3 Å². The van der Waals surface area contributed by atoms with Crippen LogP contribution in [0.25, 0.3) is 11.0 Å². The zero-order chi connectivity index (χ0) is 48.7. The van der Waals surface area contributed by atoms with Gasteiger partial charge in [-0.3, -0.25) is 0 Å². The molecule has 71 heavy (non-hydrogen) atoms. The summed E-state index contributed by atoms with van der Waals surface area (Å²) in [5, 5.41) is 0.571. The van der Waals surface area contributed by atoms with Crippen LogP contribution in [0.3, 0.4) is 0 Å². The SMILES string of the molecule is CCCCCCCCCCCOc1c(OCc2ccccc2)c2ccc(O[C@@H]3O[C@H](COCc4ccccc4)[C@H](OCc4ccccc4)[C@H](OCc4ccccc4)[C@H]3OCc3ccccc3)cc2oc1=O. The molecule has 0 radical (unpaired) electrons. The Morgan fingerprint density at radius 3 is 1.49 bits per heavy atom. The third-order valence-corrected chi connectivity index (χ3v) is 12.6. The summed E-state index contributed by atoms with van der Waals surface area (Å²) in [6.07, 6.45) is 6.71. The minimum Gasteiger partial charge on any atom is -0.484 e. The lowest BCUT2D eigenvalue weighted by Gasteiger charge is -2.45. The van der Waals surface area contributed by atoms with Gasteiger partial charge >= 0.3 is 5.63 Å². The molecule has 0 bridgehead atoms. The Bertz CT molecular complexity index is 2630. The van der Waals surface area contributed by atoms with Gasteiger partial charge in [0.1, 0.15) is 42.4 Å². The summed E-state index contributed by atoms with van der Waals surface area (Å²) in [5.74, 6) is 0.764. The maximum absolute atomic E-state index is 13.9. The average molecular weight is 961 g/mol. The normalized spacial score (nSPS) is 17.8. The van der Waals surface area contributed by atoms with E-state index in [-0.39, 0.29) is 37.8 Å². The molecule has 1 fully saturated rings. The highest BCUT2D eigenvalue weighted by molar-refractivity contribution is 5.86. The number of fused-ring (bicyclic) bond motifs is 1. The lowest BCUT2D eigenvalue weighted by molar-refractivity contribution is -0.310. The molecular formula is C61H68O10. The number of ether oxygens (including phenoxy) is 8. The third-order valence-electron chi connectivity index (χ3n) is 12.6. The third kappa shape index (κ3) is 15.6. The number of benzene rings is 6. The summed E-state index contributed by atoms with van der Waals surface area (Å²) in [5.41, 5.74) is 4.58. The summed E-state index contributed by atoms with van der Waals surface area (Å²) >= 11 is 0. The van der Waals surface area contributed by atoms with Crippen LogP contribution in [-0.2, 0) is 56.7 Å². The van der Waals surface area contributed by atoms with Gasteiger partial charge in [-0.25, -0.2) is 4.79 Å². The fourth-order valence-electron chi connectivity index (χ4n) is 8.77. The van der Waals surface area contributed by atoms with E-state index in [1.807, 2.05) is 164 Å². The molecule has 0 amide bonds. The fourth-order valence-corrected chi connectivity index (χ4v) is 8.77. The number of unbranched alkanes of at least 4 members (excludes halogenated alkanes) is 8. The molecule has 1 aliphatic heterocycles. The van der Waals surface area contributed by atoms with Gasteiger partial charge in [0.05, 0.1) is 45.0 Å². The van der Waals surface area contributed by atoms with Crippen molar-refractivity contribution in [3.8, 4) is 17.2 Å². The molecule has 0 aliphatic carbocycles. The van der Waals surface area contributed by atoms with Crippen molar-refractivity contribution in [3.05, 3.63) is 208 Å². The highest BCUT2D eigenvalue weighted by atomic mass is 16.7. The predicted molar refractivity (Wildman–Crippen MR) is 276 cm³/mol. The first-order chi connectivity index (χ1) is 35.1. The van der Waals surface area contributed by atoms with E-state index < -0.39 is 36.3 Å². The molecule has 1 saturated heterocycles. The lowest BCUT2D eigenvalue weighted by Crippen LogP contribution is -2.62. The maximum atomic E-state index is 13.9. The first-order valence-electron chi connectivity index (χ1n) is 25.4. The van der Waals surface area contributed by atoms with Crippen LogP contribution >= 0.6 is 0 Å². The van der Waals surface area contributed by atoms with Crippen LogP contribution in [0.15, 0.2) is 179 Å². The lowest BCUT2D eigenvalue weighted by atomic mass is 9.97. The molecule has 10 heteroatoms. The van der Waals surface area contributed by atoms with E-state index >= 15 is 0 Å². The molecule has 0 saturated carbocycles. The average Bonchev–Trinajstić information content (AvgIpc) is 3.41. The molecule has 2 heterocycles.